The van der Waals surface area contributed by atoms with Gasteiger partial charge < -0.3 is 9.64 Å². The van der Waals surface area contributed by atoms with Gasteiger partial charge in [0.25, 0.3) is 0 Å². The summed E-state index contributed by atoms with van der Waals surface area (Å²) >= 11 is 0. The quantitative estimate of drug-likeness (QED) is 0.656. The molecule has 2 heterocycles. The van der Waals surface area contributed by atoms with E-state index in [1.807, 2.05) is 48.4 Å². The van der Waals surface area contributed by atoms with Gasteiger partial charge in [0.1, 0.15) is 11.9 Å². The van der Waals surface area contributed by atoms with Gasteiger partial charge in [-0.15, -0.1) is 12.4 Å². The first-order valence-electron chi connectivity index (χ1n) is 9.12. The fraction of sp³-hybridized carbons (Fsp3) is 0.273. The van der Waals surface area contributed by atoms with Gasteiger partial charge in [-0.1, -0.05) is 37.3 Å². The van der Waals surface area contributed by atoms with Gasteiger partial charge in [-0.2, -0.15) is 0 Å². The topological polar surface area (TPSA) is 42.4 Å². The van der Waals surface area contributed by atoms with Crippen molar-refractivity contribution in [2.75, 3.05) is 13.1 Å². The number of para-hydroxylation sites is 1. The van der Waals surface area contributed by atoms with Crippen molar-refractivity contribution in [1.29, 1.82) is 0 Å². The summed E-state index contributed by atoms with van der Waals surface area (Å²) in [5.74, 6) is 1.05. The maximum absolute atomic E-state index is 11.8. The van der Waals surface area contributed by atoms with Crippen LogP contribution in [0.1, 0.15) is 19.8 Å². The number of benzene rings is 2. The maximum Gasteiger partial charge on any atom is 0.222 e. The van der Waals surface area contributed by atoms with E-state index in [9.17, 15) is 4.79 Å². The van der Waals surface area contributed by atoms with Gasteiger partial charge in [-0.3, -0.25) is 9.78 Å². The Bertz CT molecular complexity index is 927. The molecule has 0 saturated carbocycles. The first-order chi connectivity index (χ1) is 12.7. The second kappa shape index (κ2) is 8.40. The van der Waals surface area contributed by atoms with Crippen molar-refractivity contribution in [3.63, 3.8) is 0 Å². The lowest BCUT2D eigenvalue weighted by Gasteiger charge is -2.16. The van der Waals surface area contributed by atoms with Gasteiger partial charge in [0, 0.05) is 36.5 Å². The first kappa shape index (κ1) is 19.2. The van der Waals surface area contributed by atoms with Crippen molar-refractivity contribution in [1.82, 2.24) is 9.88 Å². The Labute approximate surface area is 165 Å². The number of halogens is 1. The predicted molar refractivity (Wildman–Crippen MR) is 110 cm³/mol. The van der Waals surface area contributed by atoms with Crippen LogP contribution in [0, 0.1) is 0 Å². The van der Waals surface area contributed by atoms with Crippen LogP contribution in [-0.4, -0.2) is 35.0 Å². The molecule has 0 N–H and O–H groups in total. The molecule has 0 bridgehead atoms. The van der Waals surface area contributed by atoms with Crippen LogP contribution < -0.4 is 4.74 Å². The fourth-order valence-corrected chi connectivity index (χ4v) is 3.42. The van der Waals surface area contributed by atoms with E-state index in [0.717, 1.165) is 40.7 Å². The summed E-state index contributed by atoms with van der Waals surface area (Å²) in [6, 6.07) is 18.4. The van der Waals surface area contributed by atoms with E-state index >= 15 is 0 Å². The molecular formula is C22H23ClN2O2. The fourth-order valence-electron chi connectivity index (χ4n) is 3.42. The molecule has 2 aromatic carbocycles. The van der Waals surface area contributed by atoms with Crippen LogP contribution in [0.3, 0.4) is 0 Å². The molecule has 1 saturated heterocycles. The summed E-state index contributed by atoms with van der Waals surface area (Å²) in [7, 11) is 0. The third-order valence-corrected chi connectivity index (χ3v) is 4.88. The molecule has 4 nitrogen and oxygen atoms in total. The summed E-state index contributed by atoms with van der Waals surface area (Å²) in [6.07, 6.45) is 3.44. The number of likely N-dealkylation sites (tertiary alicyclic amines) is 1. The molecule has 1 amide bonds. The van der Waals surface area contributed by atoms with Crippen LogP contribution in [0.5, 0.6) is 5.75 Å². The van der Waals surface area contributed by atoms with Crippen LogP contribution in [0.2, 0.25) is 0 Å². The number of pyridine rings is 1. The Kier molecular flexibility index (Phi) is 5.97. The standard InChI is InChI=1S/C22H22N2O2.ClH/c1-2-22(25)24-12-11-20(15-24)26-19-9-7-16(8-10-19)18-13-17-5-3-4-6-21(17)23-14-18;/h3-10,13-14,20H,2,11-12,15H2,1H3;1H/t20-;/m0./s1. The third kappa shape index (κ3) is 4.22. The van der Waals surface area contributed by atoms with E-state index in [4.69, 9.17) is 4.74 Å². The Balaban J connectivity index is 0.00000210. The lowest BCUT2D eigenvalue weighted by Crippen LogP contribution is -2.30. The average Bonchev–Trinajstić information content (AvgIpc) is 3.16. The van der Waals surface area contributed by atoms with Gasteiger partial charge in [-0.05, 0) is 29.8 Å². The van der Waals surface area contributed by atoms with Gasteiger partial charge in [0.05, 0.1) is 12.1 Å². The van der Waals surface area contributed by atoms with Gasteiger partial charge in [-0.25, -0.2) is 0 Å². The minimum Gasteiger partial charge on any atom is -0.489 e. The van der Waals surface area contributed by atoms with Gasteiger partial charge >= 0.3 is 0 Å². The molecular weight excluding hydrogens is 360 g/mol. The molecule has 4 rings (SSSR count). The number of carbonyl (C=O) groups is 1. The molecule has 27 heavy (non-hydrogen) atoms. The van der Waals surface area contributed by atoms with Gasteiger partial charge in [0.15, 0.2) is 0 Å². The summed E-state index contributed by atoms with van der Waals surface area (Å²) in [5, 5.41) is 1.14. The van der Waals surface area contributed by atoms with Gasteiger partial charge in [0.2, 0.25) is 5.91 Å². The molecule has 0 aliphatic carbocycles. The molecule has 1 atom stereocenters. The number of ether oxygens (including phenoxy) is 1. The number of amides is 1. The van der Waals surface area contributed by atoms with Crippen molar-refractivity contribution < 1.29 is 9.53 Å². The number of aromatic nitrogens is 1. The first-order valence-corrected chi connectivity index (χ1v) is 9.12. The van der Waals surface area contributed by atoms with E-state index in [0.29, 0.717) is 13.0 Å². The Morgan fingerprint density at radius 3 is 2.70 bits per heavy atom. The highest BCUT2D eigenvalue weighted by Crippen LogP contribution is 2.26. The summed E-state index contributed by atoms with van der Waals surface area (Å²) in [4.78, 5) is 18.2. The zero-order chi connectivity index (χ0) is 17.9. The minimum atomic E-state index is 0. The number of hydrogen-bond acceptors (Lipinski definition) is 3. The van der Waals surface area contributed by atoms with Crippen LogP contribution in [-0.2, 0) is 4.79 Å². The minimum absolute atomic E-state index is 0. The van der Waals surface area contributed by atoms with Crippen molar-refractivity contribution >= 4 is 29.2 Å². The molecule has 1 aliphatic heterocycles. The largest absolute Gasteiger partial charge is 0.489 e. The monoisotopic (exact) mass is 382 g/mol. The summed E-state index contributed by atoms with van der Waals surface area (Å²) in [6.45, 7) is 3.37. The maximum atomic E-state index is 11.8. The van der Waals surface area contributed by atoms with E-state index < -0.39 is 0 Å². The highest BCUT2D eigenvalue weighted by atomic mass is 35.5. The Hall–Kier alpha value is -2.59. The molecule has 5 heteroatoms. The number of rotatable bonds is 4. The molecule has 1 aromatic heterocycles. The predicted octanol–water partition coefficient (Wildman–Crippen LogP) is 4.71. The highest BCUT2D eigenvalue weighted by Gasteiger charge is 2.26. The number of nitrogens with zero attached hydrogens (tertiary/aromatic N) is 2. The lowest BCUT2D eigenvalue weighted by atomic mass is 10.1. The summed E-state index contributed by atoms with van der Waals surface area (Å²) in [5.41, 5.74) is 3.21. The number of fused-ring (bicyclic) bond motifs is 1. The molecule has 3 aromatic rings. The van der Waals surface area contributed by atoms with Crippen LogP contribution in [0.15, 0.2) is 60.8 Å². The lowest BCUT2D eigenvalue weighted by molar-refractivity contribution is -0.130. The Morgan fingerprint density at radius 2 is 1.93 bits per heavy atom. The Morgan fingerprint density at radius 1 is 1.15 bits per heavy atom. The van der Waals surface area contributed by atoms with Crippen LogP contribution >= 0.6 is 12.4 Å². The molecule has 0 unspecified atom stereocenters. The zero-order valence-electron chi connectivity index (χ0n) is 15.3. The second-order valence-corrected chi connectivity index (χ2v) is 6.66. The van der Waals surface area contributed by atoms with Crippen molar-refractivity contribution in [2.45, 2.75) is 25.9 Å². The highest BCUT2D eigenvalue weighted by molar-refractivity contribution is 5.85. The molecule has 0 radical (unpaired) electrons. The smallest absolute Gasteiger partial charge is 0.222 e. The van der Waals surface area contributed by atoms with Crippen molar-refractivity contribution in [3.8, 4) is 16.9 Å². The van der Waals surface area contributed by atoms with E-state index in [1.54, 1.807) is 0 Å². The number of hydrogen-bond donors (Lipinski definition) is 0. The number of carbonyl (C=O) groups excluding carboxylic acids is 1. The van der Waals surface area contributed by atoms with E-state index in [2.05, 4.69) is 29.2 Å². The normalized spacial score (nSPS) is 16.2. The average molecular weight is 383 g/mol. The molecule has 1 fully saturated rings. The SMILES string of the molecule is CCC(=O)N1CC[C@H](Oc2ccc(-c3cnc4ccccc4c3)cc2)C1.Cl. The molecule has 1 aliphatic rings. The van der Waals surface area contributed by atoms with Crippen LogP contribution in [0.4, 0.5) is 0 Å². The van der Waals surface area contributed by atoms with Crippen molar-refractivity contribution in [2.24, 2.45) is 0 Å². The molecule has 140 valence electrons. The van der Waals surface area contributed by atoms with Crippen LogP contribution in [0.25, 0.3) is 22.0 Å². The third-order valence-electron chi connectivity index (χ3n) is 4.88. The van der Waals surface area contributed by atoms with Crippen molar-refractivity contribution in [3.05, 3.63) is 60.8 Å². The molecule has 0 spiro atoms. The van der Waals surface area contributed by atoms with E-state index in [-0.39, 0.29) is 24.4 Å². The van der Waals surface area contributed by atoms with E-state index in [1.165, 1.54) is 0 Å². The zero-order valence-corrected chi connectivity index (χ0v) is 16.1. The second-order valence-electron chi connectivity index (χ2n) is 6.66. The summed E-state index contributed by atoms with van der Waals surface area (Å²) < 4.78 is 6.05.